The van der Waals surface area contributed by atoms with E-state index in [0.717, 1.165) is 39.2 Å². The molecule has 0 amide bonds. The quantitative estimate of drug-likeness (QED) is 0.439. The van der Waals surface area contributed by atoms with Crippen molar-refractivity contribution in [1.82, 2.24) is 4.98 Å². The second-order valence-corrected chi connectivity index (χ2v) is 8.42. The zero-order valence-electron chi connectivity index (χ0n) is 21.6. The van der Waals surface area contributed by atoms with E-state index in [-0.39, 0.29) is 5.69 Å². The van der Waals surface area contributed by atoms with E-state index in [9.17, 15) is 0 Å². The van der Waals surface area contributed by atoms with E-state index < -0.39 is 18.6 Å². The molecule has 2 heterocycles. The van der Waals surface area contributed by atoms with Gasteiger partial charge in [-0.15, -0.1) is 0 Å². The molecule has 1 aliphatic rings. The number of benzene rings is 1. The van der Waals surface area contributed by atoms with Gasteiger partial charge in [0.15, 0.2) is 6.20 Å². The van der Waals surface area contributed by atoms with Crippen molar-refractivity contribution in [3.63, 3.8) is 0 Å². The Morgan fingerprint density at radius 1 is 1.11 bits per heavy atom. The van der Waals surface area contributed by atoms with Crippen molar-refractivity contribution in [1.29, 1.82) is 0 Å². The monoisotopic (exact) mass is 362 g/mol. The van der Waals surface area contributed by atoms with E-state index in [4.69, 9.17) is 6.85 Å². The van der Waals surface area contributed by atoms with Gasteiger partial charge in [0.1, 0.15) is 7.05 Å². The lowest BCUT2D eigenvalue weighted by atomic mass is 9.87. The van der Waals surface area contributed by atoms with Gasteiger partial charge in [-0.2, -0.15) is 0 Å². The van der Waals surface area contributed by atoms with Crippen molar-refractivity contribution in [3.8, 4) is 22.4 Å². The Balaban J connectivity index is 1.81. The third kappa shape index (κ3) is 3.29. The van der Waals surface area contributed by atoms with Crippen LogP contribution in [-0.4, -0.2) is 4.98 Å². The fraction of sp³-hybridized carbons (Fsp3) is 0.360. The van der Waals surface area contributed by atoms with E-state index in [0.29, 0.717) is 12.0 Å². The van der Waals surface area contributed by atoms with Gasteiger partial charge in [0.2, 0.25) is 5.69 Å². The second-order valence-electron chi connectivity index (χ2n) is 8.42. The molecule has 27 heavy (non-hydrogen) atoms. The highest BCUT2D eigenvalue weighted by molar-refractivity contribution is 5.80. The lowest BCUT2D eigenvalue weighted by molar-refractivity contribution is -0.660. The molecule has 2 nitrogen and oxygen atoms in total. The number of hydrogen-bond acceptors (Lipinski definition) is 1. The van der Waals surface area contributed by atoms with Gasteiger partial charge >= 0.3 is 0 Å². The van der Waals surface area contributed by atoms with Crippen molar-refractivity contribution < 1.29 is 11.4 Å². The Morgan fingerprint density at radius 3 is 2.59 bits per heavy atom. The number of pyridine rings is 2. The fourth-order valence-corrected chi connectivity index (χ4v) is 3.91. The highest BCUT2D eigenvalue weighted by Crippen LogP contribution is 2.40. The number of aryl methyl sites for hydroxylation is 2. The van der Waals surface area contributed by atoms with Crippen molar-refractivity contribution in [2.24, 2.45) is 12.5 Å². The van der Waals surface area contributed by atoms with E-state index >= 15 is 0 Å². The van der Waals surface area contributed by atoms with Crippen LogP contribution in [0.4, 0.5) is 0 Å². The van der Waals surface area contributed by atoms with Crippen LogP contribution < -0.4 is 4.57 Å². The van der Waals surface area contributed by atoms with Crippen molar-refractivity contribution in [2.45, 2.75) is 47.3 Å². The predicted molar refractivity (Wildman–Crippen MR) is 112 cm³/mol. The summed E-state index contributed by atoms with van der Waals surface area (Å²) >= 11 is 0. The third-order valence-corrected chi connectivity index (χ3v) is 5.15. The molecular weight excluding hydrogens is 328 g/mol. The van der Waals surface area contributed by atoms with Crippen LogP contribution in [0.15, 0.2) is 42.6 Å². The molecule has 0 saturated carbocycles. The lowest BCUT2D eigenvalue weighted by Gasteiger charge is -2.18. The van der Waals surface area contributed by atoms with Gasteiger partial charge < -0.3 is 0 Å². The highest BCUT2D eigenvalue weighted by atomic mass is 14.9. The number of aromatic nitrogens is 2. The zero-order valence-corrected chi connectivity index (χ0v) is 16.6. The first-order chi connectivity index (χ1) is 14.7. The minimum absolute atomic E-state index is 0.130. The Morgan fingerprint density at radius 2 is 1.85 bits per heavy atom. The molecule has 0 aliphatic heterocycles. The van der Waals surface area contributed by atoms with Gasteiger partial charge in [0, 0.05) is 42.2 Å². The average Bonchev–Trinajstić information content (AvgIpc) is 3.06. The second kappa shape index (κ2) is 6.30. The van der Waals surface area contributed by atoms with Crippen LogP contribution in [0.5, 0.6) is 0 Å². The molecule has 0 saturated heterocycles. The van der Waals surface area contributed by atoms with E-state index in [1.807, 2.05) is 56.8 Å². The summed E-state index contributed by atoms with van der Waals surface area (Å²) in [7, 11) is 1.97. The van der Waals surface area contributed by atoms with Gasteiger partial charge in [-0.3, -0.25) is 4.98 Å². The smallest absolute Gasteiger partial charge is 0.212 e. The topological polar surface area (TPSA) is 16.8 Å². The molecule has 0 spiro atoms. The standard InChI is InChI=1S/C25H29N2/c1-16-7-8-21-20-10-9-19(17(2)22(20)14-23(21)26-16)24-13-18(11-12-27(24)6)15-25(3,4)5/h7-13H,14-15H2,1-6H3/q+1/i1D3,15D2. The van der Waals surface area contributed by atoms with Gasteiger partial charge in [0.25, 0.3) is 0 Å². The summed E-state index contributed by atoms with van der Waals surface area (Å²) in [6.45, 7) is 5.61. The van der Waals surface area contributed by atoms with Gasteiger partial charge in [0.05, 0.1) is 5.69 Å². The van der Waals surface area contributed by atoms with Crippen LogP contribution >= 0.6 is 0 Å². The van der Waals surface area contributed by atoms with Gasteiger partial charge in [-0.1, -0.05) is 32.9 Å². The summed E-state index contributed by atoms with van der Waals surface area (Å²) in [5, 5.41) is 0. The fourth-order valence-electron chi connectivity index (χ4n) is 3.91. The molecule has 0 N–H and O–H groups in total. The average molecular weight is 363 g/mol. The summed E-state index contributed by atoms with van der Waals surface area (Å²) in [5.41, 5.74) is 7.39. The summed E-state index contributed by atoms with van der Waals surface area (Å²) in [6.07, 6.45) is 1.03. The minimum Gasteiger partial charge on any atom is -0.257 e. The molecule has 1 aromatic carbocycles. The Hall–Kier alpha value is -2.48. The first-order valence-electron chi connectivity index (χ1n) is 11.9. The first-order valence-corrected chi connectivity index (χ1v) is 9.35. The van der Waals surface area contributed by atoms with Crippen molar-refractivity contribution in [2.75, 3.05) is 0 Å². The maximum Gasteiger partial charge on any atom is 0.212 e. The molecule has 0 radical (unpaired) electrons. The summed E-state index contributed by atoms with van der Waals surface area (Å²) in [5.74, 6) is 0. The van der Waals surface area contributed by atoms with E-state index in [1.54, 1.807) is 6.07 Å². The Kier molecular flexibility index (Phi) is 2.99. The Labute approximate surface area is 169 Å². The lowest BCUT2D eigenvalue weighted by Crippen LogP contribution is -2.31. The number of rotatable bonds is 2. The van der Waals surface area contributed by atoms with Crippen LogP contribution in [0.2, 0.25) is 0 Å². The normalized spacial score (nSPS) is 16.6. The minimum atomic E-state index is -2.22. The molecule has 3 aromatic rings. The third-order valence-electron chi connectivity index (χ3n) is 5.15. The van der Waals surface area contributed by atoms with Crippen LogP contribution in [0.3, 0.4) is 0 Å². The van der Waals surface area contributed by atoms with Crippen LogP contribution in [0.1, 0.15) is 55.7 Å². The molecule has 138 valence electrons. The molecule has 0 bridgehead atoms. The largest absolute Gasteiger partial charge is 0.257 e. The molecule has 2 heteroatoms. The van der Waals surface area contributed by atoms with Crippen LogP contribution in [-0.2, 0) is 19.8 Å². The zero-order chi connectivity index (χ0) is 23.6. The van der Waals surface area contributed by atoms with Gasteiger partial charge in [-0.05, 0) is 60.0 Å². The van der Waals surface area contributed by atoms with Gasteiger partial charge in [-0.25, -0.2) is 4.57 Å². The molecule has 0 unspecified atom stereocenters. The maximum atomic E-state index is 8.69. The molecular formula is C25H29N2+. The molecule has 0 atom stereocenters. The van der Waals surface area contributed by atoms with Crippen molar-refractivity contribution in [3.05, 3.63) is 70.7 Å². The summed E-state index contributed by atoms with van der Waals surface area (Å²) in [4.78, 5) is 4.46. The maximum absolute atomic E-state index is 8.69. The number of fused-ring (bicyclic) bond motifs is 3. The predicted octanol–water partition coefficient (Wildman–Crippen LogP) is 5.35. The highest BCUT2D eigenvalue weighted by Gasteiger charge is 2.25. The van der Waals surface area contributed by atoms with E-state index in [1.165, 1.54) is 0 Å². The molecule has 4 rings (SSSR count). The number of hydrogen-bond donors (Lipinski definition) is 0. The van der Waals surface area contributed by atoms with E-state index in [2.05, 4.69) is 24.0 Å². The number of nitrogens with zero attached hydrogens (tertiary/aromatic N) is 2. The van der Waals surface area contributed by atoms with Crippen LogP contribution in [0.25, 0.3) is 22.4 Å². The Bertz CT molecular complexity index is 1220. The summed E-state index contributed by atoms with van der Waals surface area (Å²) < 4.78 is 42.4. The SMILES string of the molecule is [2H]C([2H])([2H])c1ccc2c(n1)Cc1c-2ccc(-c2cc(C([2H])([2H])C(C)(C)C)cc[n+]2C)c1C. The summed E-state index contributed by atoms with van der Waals surface area (Å²) in [6, 6.07) is 11.4. The molecule has 1 aliphatic carbocycles. The first kappa shape index (κ1) is 12.8. The van der Waals surface area contributed by atoms with Crippen LogP contribution in [0, 0.1) is 19.2 Å². The van der Waals surface area contributed by atoms with Crippen molar-refractivity contribution >= 4 is 0 Å². The molecule has 2 aromatic heterocycles. The molecule has 0 fully saturated rings.